The molecule has 1 aromatic heterocycles. The lowest BCUT2D eigenvalue weighted by molar-refractivity contribution is 0.275. The van der Waals surface area contributed by atoms with Crippen LogP contribution in [0, 0.1) is 5.82 Å². The number of hydrogen-bond acceptors (Lipinski definition) is 3. The van der Waals surface area contributed by atoms with E-state index in [1.54, 1.807) is 7.05 Å². The molecular weight excluding hydrogens is 147 g/mol. The second-order valence-electron chi connectivity index (χ2n) is 2.04. The molecule has 4 heteroatoms. The van der Waals surface area contributed by atoms with Crippen molar-refractivity contribution in [1.82, 2.24) is 4.98 Å². The summed E-state index contributed by atoms with van der Waals surface area (Å²) in [5.74, 6) is -0.325. The van der Waals surface area contributed by atoms with E-state index in [0.29, 0.717) is 0 Å². The highest BCUT2D eigenvalue weighted by Gasteiger charge is 2.05. The number of rotatable bonds is 2. The highest BCUT2D eigenvalue weighted by molar-refractivity contribution is 5.38. The van der Waals surface area contributed by atoms with Gasteiger partial charge in [-0.1, -0.05) is 0 Å². The van der Waals surface area contributed by atoms with Gasteiger partial charge in [-0.2, -0.15) is 0 Å². The molecule has 0 spiro atoms. The highest BCUT2D eigenvalue weighted by Crippen LogP contribution is 2.13. The number of aliphatic hydroxyl groups is 1. The molecule has 0 bridgehead atoms. The molecule has 60 valence electrons. The molecule has 1 rings (SSSR count). The van der Waals surface area contributed by atoms with Gasteiger partial charge in [0.25, 0.3) is 0 Å². The Balaban J connectivity index is 3.10. The number of hydrogen-bond donors (Lipinski definition) is 2. The van der Waals surface area contributed by atoms with Crippen LogP contribution in [0.4, 0.5) is 10.2 Å². The van der Waals surface area contributed by atoms with Crippen molar-refractivity contribution in [2.24, 2.45) is 0 Å². The van der Waals surface area contributed by atoms with Gasteiger partial charge >= 0.3 is 0 Å². The number of pyridine rings is 1. The summed E-state index contributed by atoms with van der Waals surface area (Å²) in [7, 11) is 1.58. The van der Waals surface area contributed by atoms with Crippen molar-refractivity contribution in [1.29, 1.82) is 0 Å². The van der Waals surface area contributed by atoms with E-state index in [-0.39, 0.29) is 18.0 Å². The fourth-order valence-electron chi connectivity index (χ4n) is 0.780. The second-order valence-corrected chi connectivity index (χ2v) is 2.04. The van der Waals surface area contributed by atoms with Gasteiger partial charge in [-0.05, 0) is 6.07 Å². The van der Waals surface area contributed by atoms with Crippen LogP contribution in [0.3, 0.4) is 0 Å². The third-order valence-corrected chi connectivity index (χ3v) is 1.38. The molecule has 0 radical (unpaired) electrons. The fraction of sp³-hybridized carbons (Fsp3) is 0.286. The van der Waals surface area contributed by atoms with E-state index >= 15 is 0 Å². The monoisotopic (exact) mass is 156 g/mol. The van der Waals surface area contributed by atoms with Gasteiger partial charge in [-0.25, -0.2) is 9.37 Å². The Bertz CT molecular complexity index is 230. The van der Waals surface area contributed by atoms with E-state index in [1.807, 2.05) is 0 Å². The Labute approximate surface area is 63.9 Å². The molecule has 3 nitrogen and oxygen atoms in total. The van der Waals surface area contributed by atoms with E-state index in [4.69, 9.17) is 5.11 Å². The van der Waals surface area contributed by atoms with Crippen molar-refractivity contribution in [2.45, 2.75) is 6.61 Å². The van der Waals surface area contributed by atoms with Crippen molar-refractivity contribution < 1.29 is 9.50 Å². The summed E-state index contributed by atoms with van der Waals surface area (Å²) in [6.45, 7) is -0.303. The molecule has 0 fully saturated rings. The quantitative estimate of drug-likeness (QED) is 0.664. The summed E-state index contributed by atoms with van der Waals surface area (Å²) >= 11 is 0. The average Bonchev–Trinajstić information content (AvgIpc) is 2.05. The summed E-state index contributed by atoms with van der Waals surface area (Å²) in [5, 5.41) is 11.2. The molecule has 0 amide bonds. The van der Waals surface area contributed by atoms with E-state index in [9.17, 15) is 4.39 Å². The molecule has 0 unspecified atom stereocenters. The van der Waals surface area contributed by atoms with Gasteiger partial charge in [0.05, 0.1) is 6.61 Å². The first-order valence-corrected chi connectivity index (χ1v) is 3.21. The van der Waals surface area contributed by atoms with E-state index < -0.39 is 5.82 Å². The first kappa shape index (κ1) is 7.94. The molecule has 0 saturated carbocycles. The van der Waals surface area contributed by atoms with Gasteiger partial charge in [-0.3, -0.25) is 0 Å². The Kier molecular flexibility index (Phi) is 2.38. The summed E-state index contributed by atoms with van der Waals surface area (Å²) in [4.78, 5) is 3.71. The SMILES string of the molecule is CNc1nccc(CO)c1F. The lowest BCUT2D eigenvalue weighted by Crippen LogP contribution is -1.99. The van der Waals surface area contributed by atoms with Crippen molar-refractivity contribution in [3.8, 4) is 0 Å². The van der Waals surface area contributed by atoms with Crippen LogP contribution >= 0.6 is 0 Å². The second kappa shape index (κ2) is 3.30. The van der Waals surface area contributed by atoms with E-state index in [1.165, 1.54) is 12.3 Å². The minimum atomic E-state index is -0.488. The summed E-state index contributed by atoms with van der Waals surface area (Å²) in [6.07, 6.45) is 1.44. The Morgan fingerprint density at radius 3 is 3.00 bits per heavy atom. The average molecular weight is 156 g/mol. The maximum absolute atomic E-state index is 13.0. The van der Waals surface area contributed by atoms with Crippen molar-refractivity contribution in [2.75, 3.05) is 12.4 Å². The maximum Gasteiger partial charge on any atom is 0.170 e. The highest BCUT2D eigenvalue weighted by atomic mass is 19.1. The molecule has 0 aromatic carbocycles. The summed E-state index contributed by atoms with van der Waals surface area (Å²) in [6, 6.07) is 1.44. The Morgan fingerprint density at radius 2 is 2.45 bits per heavy atom. The van der Waals surface area contributed by atoms with Gasteiger partial charge in [0.15, 0.2) is 11.6 Å². The lowest BCUT2D eigenvalue weighted by atomic mass is 10.2. The minimum Gasteiger partial charge on any atom is -0.392 e. The molecule has 0 aliphatic heterocycles. The van der Waals surface area contributed by atoms with Crippen LogP contribution in [-0.4, -0.2) is 17.1 Å². The van der Waals surface area contributed by atoms with E-state index in [2.05, 4.69) is 10.3 Å². The van der Waals surface area contributed by atoms with Crippen LogP contribution in [0.25, 0.3) is 0 Å². The molecule has 1 heterocycles. The van der Waals surface area contributed by atoms with Crippen LogP contribution in [0.15, 0.2) is 12.3 Å². The number of aromatic nitrogens is 1. The molecule has 0 saturated heterocycles. The zero-order valence-corrected chi connectivity index (χ0v) is 6.13. The van der Waals surface area contributed by atoms with Crippen LogP contribution < -0.4 is 5.32 Å². The van der Waals surface area contributed by atoms with Gasteiger partial charge in [0, 0.05) is 18.8 Å². The van der Waals surface area contributed by atoms with E-state index in [0.717, 1.165) is 0 Å². The predicted octanol–water partition coefficient (Wildman–Crippen LogP) is 0.755. The van der Waals surface area contributed by atoms with Gasteiger partial charge in [-0.15, -0.1) is 0 Å². The largest absolute Gasteiger partial charge is 0.392 e. The molecule has 0 aliphatic rings. The number of anilines is 1. The third-order valence-electron chi connectivity index (χ3n) is 1.38. The van der Waals surface area contributed by atoms with Crippen LogP contribution in [0.1, 0.15) is 5.56 Å². The topological polar surface area (TPSA) is 45.2 Å². The number of nitrogens with zero attached hydrogens (tertiary/aromatic N) is 1. The Morgan fingerprint density at radius 1 is 1.73 bits per heavy atom. The third kappa shape index (κ3) is 1.46. The smallest absolute Gasteiger partial charge is 0.170 e. The molecule has 11 heavy (non-hydrogen) atoms. The molecule has 1 aromatic rings. The summed E-state index contributed by atoms with van der Waals surface area (Å²) in [5.41, 5.74) is 0.254. The fourth-order valence-corrected chi connectivity index (χ4v) is 0.780. The van der Waals surface area contributed by atoms with Crippen LogP contribution in [0.5, 0.6) is 0 Å². The zero-order chi connectivity index (χ0) is 8.27. The lowest BCUT2D eigenvalue weighted by Gasteiger charge is -2.03. The van der Waals surface area contributed by atoms with Gasteiger partial charge in [0.2, 0.25) is 0 Å². The molecule has 0 aliphatic carbocycles. The first-order valence-electron chi connectivity index (χ1n) is 3.21. The normalized spacial score (nSPS) is 9.73. The van der Waals surface area contributed by atoms with Crippen molar-refractivity contribution in [3.63, 3.8) is 0 Å². The van der Waals surface area contributed by atoms with Crippen molar-refractivity contribution >= 4 is 5.82 Å². The summed E-state index contributed by atoms with van der Waals surface area (Å²) < 4.78 is 13.0. The van der Waals surface area contributed by atoms with Crippen LogP contribution in [0.2, 0.25) is 0 Å². The maximum atomic E-state index is 13.0. The van der Waals surface area contributed by atoms with Gasteiger partial charge in [0.1, 0.15) is 0 Å². The van der Waals surface area contributed by atoms with Gasteiger partial charge < -0.3 is 10.4 Å². The van der Waals surface area contributed by atoms with Crippen LogP contribution in [-0.2, 0) is 6.61 Å². The standard InChI is InChI=1S/C7H9FN2O/c1-9-7-6(8)5(4-11)2-3-10-7/h2-3,11H,4H2,1H3,(H,9,10). The zero-order valence-electron chi connectivity index (χ0n) is 6.13. The molecule has 2 N–H and O–H groups in total. The first-order chi connectivity index (χ1) is 5.29. The molecule has 0 atom stereocenters. The predicted molar refractivity (Wildman–Crippen MR) is 39.7 cm³/mol. The van der Waals surface area contributed by atoms with Crippen molar-refractivity contribution in [3.05, 3.63) is 23.6 Å². The number of halogens is 1. The minimum absolute atomic E-state index is 0.163. The number of nitrogens with one attached hydrogen (secondary N) is 1. The molecular formula is C7H9FN2O. The Hall–Kier alpha value is -1.16. The number of aliphatic hydroxyl groups excluding tert-OH is 1.